The van der Waals surface area contributed by atoms with Gasteiger partial charge in [-0.3, -0.25) is 9.59 Å². The van der Waals surface area contributed by atoms with Gasteiger partial charge in [0.2, 0.25) is 5.91 Å². The Morgan fingerprint density at radius 2 is 0.806 bits per heavy atom. The molecule has 1 amide bonds. The molecule has 364 valence electrons. The third-order valence-electron chi connectivity index (χ3n) is 12.4. The number of allylic oxidation sites excluding steroid dienone is 4. The molecule has 0 aliphatic rings. The average Bonchev–Trinajstić information content (AvgIpc) is 3.27. The number of hydrogen-bond acceptors (Lipinski definition) is 5. The van der Waals surface area contributed by atoms with E-state index in [0.29, 0.717) is 19.4 Å². The van der Waals surface area contributed by atoms with Crippen molar-refractivity contribution < 1.29 is 24.5 Å². The summed E-state index contributed by atoms with van der Waals surface area (Å²) < 4.78 is 5.41. The first kappa shape index (κ1) is 60.1. The van der Waals surface area contributed by atoms with Crippen LogP contribution in [0.2, 0.25) is 0 Å². The maximum absolute atomic E-state index is 12.4. The van der Waals surface area contributed by atoms with Crippen LogP contribution in [0, 0.1) is 0 Å². The Morgan fingerprint density at radius 1 is 0.452 bits per heavy atom. The number of amides is 1. The lowest BCUT2D eigenvalue weighted by molar-refractivity contribution is -0.143. The Kier molecular flexibility index (Phi) is 50.1. The number of rotatable bonds is 50. The molecule has 0 saturated carbocycles. The van der Waals surface area contributed by atoms with E-state index in [2.05, 4.69) is 43.5 Å². The van der Waals surface area contributed by atoms with Crippen molar-refractivity contribution in [3.63, 3.8) is 0 Å². The molecular formula is C56H105NO5. The van der Waals surface area contributed by atoms with Crippen LogP contribution in [0.15, 0.2) is 36.5 Å². The van der Waals surface area contributed by atoms with E-state index in [1.807, 2.05) is 6.08 Å². The van der Waals surface area contributed by atoms with Crippen LogP contribution in [0.4, 0.5) is 0 Å². The Labute approximate surface area is 385 Å². The minimum Gasteiger partial charge on any atom is -0.465 e. The van der Waals surface area contributed by atoms with Gasteiger partial charge in [0.1, 0.15) is 0 Å². The molecule has 6 nitrogen and oxygen atoms in total. The van der Waals surface area contributed by atoms with E-state index in [1.165, 1.54) is 205 Å². The largest absolute Gasteiger partial charge is 0.465 e. The summed E-state index contributed by atoms with van der Waals surface area (Å²) in [5.41, 5.74) is 0. The summed E-state index contributed by atoms with van der Waals surface area (Å²) in [5.74, 6) is -0.109. The SMILES string of the molecule is CCCCCCCCC/C=C/C(O)C(CO)NC(=O)CCCCCCCCCCCCCCCC/C=C\C/C=C\CCOC(=O)CCCCCCCCCCCCCCCCC. The van der Waals surface area contributed by atoms with E-state index in [1.54, 1.807) is 6.08 Å². The van der Waals surface area contributed by atoms with E-state index < -0.39 is 12.1 Å². The zero-order valence-corrected chi connectivity index (χ0v) is 41.4. The van der Waals surface area contributed by atoms with Crippen molar-refractivity contribution in [1.82, 2.24) is 5.32 Å². The molecule has 0 aromatic carbocycles. The Balaban J connectivity index is 3.44. The molecule has 0 radical (unpaired) electrons. The second-order valence-corrected chi connectivity index (χ2v) is 18.6. The Bertz CT molecular complexity index is 1010. The first-order valence-electron chi connectivity index (χ1n) is 27.3. The highest BCUT2D eigenvalue weighted by Gasteiger charge is 2.18. The summed E-state index contributed by atoms with van der Waals surface area (Å²) in [6.45, 7) is 4.77. The zero-order valence-electron chi connectivity index (χ0n) is 41.4. The summed E-state index contributed by atoms with van der Waals surface area (Å²) in [6.07, 6.45) is 63.3. The monoisotopic (exact) mass is 872 g/mol. The van der Waals surface area contributed by atoms with Gasteiger partial charge in [-0.25, -0.2) is 0 Å². The fourth-order valence-electron chi connectivity index (χ4n) is 8.24. The number of aliphatic hydroxyl groups excluding tert-OH is 2. The van der Waals surface area contributed by atoms with Gasteiger partial charge in [0, 0.05) is 12.8 Å². The number of ether oxygens (including phenoxy) is 1. The van der Waals surface area contributed by atoms with Crippen molar-refractivity contribution in [3.8, 4) is 0 Å². The smallest absolute Gasteiger partial charge is 0.305 e. The van der Waals surface area contributed by atoms with Crippen molar-refractivity contribution in [2.45, 2.75) is 296 Å². The van der Waals surface area contributed by atoms with E-state index in [4.69, 9.17) is 4.74 Å². The van der Waals surface area contributed by atoms with Crippen LogP contribution < -0.4 is 5.32 Å². The second-order valence-electron chi connectivity index (χ2n) is 18.6. The van der Waals surface area contributed by atoms with E-state index >= 15 is 0 Å². The molecule has 62 heavy (non-hydrogen) atoms. The van der Waals surface area contributed by atoms with Gasteiger partial charge in [0.25, 0.3) is 0 Å². The normalized spacial score (nSPS) is 12.9. The van der Waals surface area contributed by atoms with Crippen LogP contribution in [0.25, 0.3) is 0 Å². The summed E-state index contributed by atoms with van der Waals surface area (Å²) in [6, 6.07) is -0.629. The van der Waals surface area contributed by atoms with E-state index in [0.717, 1.165) is 51.4 Å². The molecule has 0 aliphatic heterocycles. The molecule has 2 atom stereocenters. The summed E-state index contributed by atoms with van der Waals surface area (Å²) >= 11 is 0. The summed E-state index contributed by atoms with van der Waals surface area (Å²) in [5, 5.41) is 22.9. The number of nitrogens with one attached hydrogen (secondary N) is 1. The van der Waals surface area contributed by atoms with Crippen LogP contribution in [0.1, 0.15) is 284 Å². The number of unbranched alkanes of at least 4 members (excludes halogenated alkanes) is 35. The maximum Gasteiger partial charge on any atom is 0.305 e. The van der Waals surface area contributed by atoms with Crippen molar-refractivity contribution in [2.24, 2.45) is 0 Å². The molecule has 0 saturated heterocycles. The molecule has 0 aliphatic carbocycles. The van der Waals surface area contributed by atoms with Gasteiger partial charge < -0.3 is 20.3 Å². The topological polar surface area (TPSA) is 95.9 Å². The molecule has 0 aromatic rings. The van der Waals surface area contributed by atoms with Crippen LogP contribution in [-0.4, -0.2) is 47.4 Å². The molecule has 6 heteroatoms. The maximum atomic E-state index is 12.4. The Morgan fingerprint density at radius 3 is 1.23 bits per heavy atom. The lowest BCUT2D eigenvalue weighted by Gasteiger charge is -2.20. The molecule has 3 N–H and O–H groups in total. The summed E-state index contributed by atoms with van der Waals surface area (Å²) in [7, 11) is 0. The van der Waals surface area contributed by atoms with Gasteiger partial charge >= 0.3 is 5.97 Å². The fourth-order valence-corrected chi connectivity index (χ4v) is 8.24. The molecule has 0 fully saturated rings. The molecular weight excluding hydrogens is 767 g/mol. The molecule has 0 rings (SSSR count). The van der Waals surface area contributed by atoms with Crippen LogP contribution in [0.3, 0.4) is 0 Å². The lowest BCUT2D eigenvalue weighted by Crippen LogP contribution is -2.45. The number of carbonyl (C=O) groups excluding carboxylic acids is 2. The van der Waals surface area contributed by atoms with Crippen LogP contribution in [-0.2, 0) is 14.3 Å². The highest BCUT2D eigenvalue weighted by atomic mass is 16.5. The Hall–Kier alpha value is -1.92. The first-order valence-corrected chi connectivity index (χ1v) is 27.3. The van der Waals surface area contributed by atoms with Crippen molar-refractivity contribution in [2.75, 3.05) is 13.2 Å². The average molecular weight is 872 g/mol. The standard InChI is InChI=1S/C56H105NO5/c1-3-5-7-9-11-13-14-15-23-27-30-34-38-42-46-50-56(61)62-51-47-43-39-35-31-28-25-22-20-18-16-17-19-21-24-26-29-33-37-41-45-49-55(60)57-53(52-58)54(59)48-44-40-36-32-12-10-8-6-4-2/h28,31,39,43-44,48,53-54,58-59H,3-27,29-30,32-38,40-42,45-47,49-52H2,1-2H3,(H,57,60)/b31-28-,43-39-,48-44+. The van der Waals surface area contributed by atoms with Gasteiger partial charge in [-0.1, -0.05) is 256 Å². The predicted octanol–water partition coefficient (Wildman–Crippen LogP) is 16.5. The van der Waals surface area contributed by atoms with E-state index in [-0.39, 0.29) is 18.5 Å². The van der Waals surface area contributed by atoms with Crippen molar-refractivity contribution in [3.05, 3.63) is 36.5 Å². The van der Waals surface area contributed by atoms with Gasteiger partial charge in [0.05, 0.1) is 25.4 Å². The molecule has 2 unspecified atom stereocenters. The third kappa shape index (κ3) is 47.6. The van der Waals surface area contributed by atoms with Gasteiger partial charge in [-0.05, 0) is 51.4 Å². The lowest BCUT2D eigenvalue weighted by atomic mass is 10.0. The predicted molar refractivity (Wildman–Crippen MR) is 269 cm³/mol. The second kappa shape index (κ2) is 51.7. The highest BCUT2D eigenvalue weighted by molar-refractivity contribution is 5.76. The molecule has 0 bridgehead atoms. The number of aliphatic hydroxyl groups is 2. The minimum absolute atomic E-state index is 0.0336. The minimum atomic E-state index is -0.845. The van der Waals surface area contributed by atoms with Crippen molar-refractivity contribution in [1.29, 1.82) is 0 Å². The molecule has 0 heterocycles. The highest BCUT2D eigenvalue weighted by Crippen LogP contribution is 2.16. The summed E-state index contributed by atoms with van der Waals surface area (Å²) in [4.78, 5) is 24.4. The van der Waals surface area contributed by atoms with Crippen LogP contribution >= 0.6 is 0 Å². The quantitative estimate of drug-likeness (QED) is 0.0321. The van der Waals surface area contributed by atoms with Gasteiger partial charge in [-0.15, -0.1) is 0 Å². The van der Waals surface area contributed by atoms with Gasteiger partial charge in [-0.2, -0.15) is 0 Å². The van der Waals surface area contributed by atoms with Gasteiger partial charge in [0.15, 0.2) is 0 Å². The van der Waals surface area contributed by atoms with Crippen molar-refractivity contribution >= 4 is 11.9 Å². The third-order valence-corrected chi connectivity index (χ3v) is 12.4. The van der Waals surface area contributed by atoms with Crippen LogP contribution in [0.5, 0.6) is 0 Å². The molecule has 0 aromatic heterocycles. The number of esters is 1. The first-order chi connectivity index (χ1) is 30.5. The fraction of sp³-hybridized carbons (Fsp3) is 0.857. The van der Waals surface area contributed by atoms with E-state index in [9.17, 15) is 19.8 Å². The number of carbonyl (C=O) groups is 2. The number of hydrogen-bond donors (Lipinski definition) is 3. The zero-order chi connectivity index (χ0) is 45.1. The molecule has 0 spiro atoms.